The van der Waals surface area contributed by atoms with E-state index in [1.807, 2.05) is 0 Å². The number of rotatable bonds is 1. The van der Waals surface area contributed by atoms with Gasteiger partial charge in [-0.05, 0) is 37.1 Å². The largest absolute Gasteiger partial charge is 0.490 e. The van der Waals surface area contributed by atoms with Crippen molar-refractivity contribution < 1.29 is 19.4 Å². The summed E-state index contributed by atoms with van der Waals surface area (Å²) in [6.07, 6.45) is 2.19. The fraction of sp³-hybridized carbons (Fsp3) is 0.381. The predicted octanol–water partition coefficient (Wildman–Crippen LogP) is 0.340. The number of amides is 2. The first kappa shape index (κ1) is 17.8. The highest BCUT2D eigenvalue weighted by Crippen LogP contribution is 2.51. The van der Waals surface area contributed by atoms with Crippen molar-refractivity contribution in [1.82, 2.24) is 14.7 Å². The zero-order chi connectivity index (χ0) is 20.4. The van der Waals surface area contributed by atoms with Gasteiger partial charge in [0.25, 0.3) is 11.8 Å². The normalized spacial score (nSPS) is 23.5. The molecule has 2 aliphatic heterocycles. The molecule has 1 spiro atoms. The molecule has 2 amide bonds. The van der Waals surface area contributed by atoms with E-state index in [0.29, 0.717) is 30.2 Å². The molecule has 1 saturated heterocycles. The number of fused-ring (bicyclic) bond motifs is 4. The maximum absolute atomic E-state index is 12.1. The molecular formula is C21H20N4O4. The average molecular weight is 392 g/mol. The van der Waals surface area contributed by atoms with Crippen molar-refractivity contribution in [3.63, 3.8) is 0 Å². The van der Waals surface area contributed by atoms with Gasteiger partial charge >= 0.3 is 0 Å². The van der Waals surface area contributed by atoms with Gasteiger partial charge in [-0.1, -0.05) is 11.8 Å². The third-order valence-corrected chi connectivity index (χ3v) is 5.97. The van der Waals surface area contributed by atoms with Crippen LogP contribution in [0.3, 0.4) is 0 Å². The number of likely N-dealkylation sites (N-methyl/N-ethyl adjacent to an activating group) is 1. The number of hydrogen-bond acceptors (Lipinski definition) is 5. The Morgan fingerprint density at radius 1 is 1.31 bits per heavy atom. The standard InChI is InChI=1S/C21H20N4O4/c1-24-9-8-21(28,19(24)27)5-4-13-2-3-16-15(10-13)25-17(11-14(23-25)18(22)26)20(6-7-20)12-29-16/h2-3,10-11,28H,6-9,12H2,1H3,(H2,22,26)/t21-/m0/s1. The summed E-state index contributed by atoms with van der Waals surface area (Å²) in [5.74, 6) is 5.30. The van der Waals surface area contributed by atoms with E-state index >= 15 is 0 Å². The quantitative estimate of drug-likeness (QED) is 0.680. The Bertz CT molecular complexity index is 1120. The molecule has 1 atom stereocenters. The van der Waals surface area contributed by atoms with Gasteiger partial charge in [0.15, 0.2) is 5.69 Å². The Hall–Kier alpha value is -3.31. The van der Waals surface area contributed by atoms with Gasteiger partial charge < -0.3 is 20.5 Å². The van der Waals surface area contributed by atoms with E-state index in [0.717, 1.165) is 18.5 Å². The lowest BCUT2D eigenvalue weighted by atomic mass is 10.0. The van der Waals surface area contributed by atoms with Gasteiger partial charge in [-0.25, -0.2) is 4.68 Å². The van der Waals surface area contributed by atoms with Crippen LogP contribution in [0.1, 0.15) is 41.0 Å². The number of carbonyl (C=O) groups excluding carboxylic acids is 2. The van der Waals surface area contributed by atoms with E-state index in [1.165, 1.54) is 4.90 Å². The molecule has 29 heavy (non-hydrogen) atoms. The van der Waals surface area contributed by atoms with Crippen LogP contribution in [0.15, 0.2) is 24.3 Å². The molecule has 8 heteroatoms. The first-order valence-corrected chi connectivity index (χ1v) is 9.50. The first-order valence-electron chi connectivity index (χ1n) is 9.50. The Morgan fingerprint density at radius 2 is 2.10 bits per heavy atom. The minimum absolute atomic E-state index is 0.151. The molecule has 1 aliphatic carbocycles. The molecule has 5 rings (SSSR count). The van der Waals surface area contributed by atoms with E-state index in [4.69, 9.17) is 10.5 Å². The Balaban J connectivity index is 1.58. The minimum Gasteiger partial charge on any atom is -0.490 e. The van der Waals surface area contributed by atoms with Crippen molar-refractivity contribution in [2.75, 3.05) is 20.2 Å². The molecule has 8 nitrogen and oxygen atoms in total. The number of aliphatic hydroxyl groups is 1. The number of hydrogen-bond donors (Lipinski definition) is 2. The van der Waals surface area contributed by atoms with Crippen LogP contribution in [0.4, 0.5) is 0 Å². The van der Waals surface area contributed by atoms with E-state index in [9.17, 15) is 14.7 Å². The van der Waals surface area contributed by atoms with E-state index < -0.39 is 11.5 Å². The summed E-state index contributed by atoms with van der Waals surface area (Å²) in [7, 11) is 1.64. The molecule has 2 aromatic rings. The molecule has 1 aromatic carbocycles. The van der Waals surface area contributed by atoms with Crippen LogP contribution in [-0.4, -0.2) is 57.4 Å². The maximum atomic E-state index is 12.1. The third-order valence-electron chi connectivity index (χ3n) is 5.97. The van der Waals surface area contributed by atoms with E-state index in [1.54, 1.807) is 36.0 Å². The molecule has 148 valence electrons. The van der Waals surface area contributed by atoms with Gasteiger partial charge in [0.1, 0.15) is 11.4 Å². The number of nitrogens with zero attached hydrogens (tertiary/aromatic N) is 3. The summed E-state index contributed by atoms with van der Waals surface area (Å²) in [6.45, 7) is 0.978. The van der Waals surface area contributed by atoms with Crippen molar-refractivity contribution in [3.8, 4) is 23.3 Å². The minimum atomic E-state index is -1.66. The van der Waals surface area contributed by atoms with Gasteiger partial charge in [0.2, 0.25) is 5.60 Å². The van der Waals surface area contributed by atoms with Crippen molar-refractivity contribution in [2.24, 2.45) is 5.73 Å². The fourth-order valence-corrected chi connectivity index (χ4v) is 3.93. The molecule has 1 saturated carbocycles. The lowest BCUT2D eigenvalue weighted by Gasteiger charge is -2.13. The molecule has 1 aromatic heterocycles. The summed E-state index contributed by atoms with van der Waals surface area (Å²) in [5, 5.41) is 14.9. The molecular weight excluding hydrogens is 372 g/mol. The summed E-state index contributed by atoms with van der Waals surface area (Å²) >= 11 is 0. The summed E-state index contributed by atoms with van der Waals surface area (Å²) < 4.78 is 7.73. The summed E-state index contributed by atoms with van der Waals surface area (Å²) in [5.41, 5.74) is 6.02. The number of ether oxygens (including phenoxy) is 1. The third kappa shape index (κ3) is 2.69. The topological polar surface area (TPSA) is 111 Å². The van der Waals surface area contributed by atoms with Gasteiger partial charge in [-0.2, -0.15) is 5.10 Å². The zero-order valence-corrected chi connectivity index (χ0v) is 15.9. The molecule has 0 unspecified atom stereocenters. The van der Waals surface area contributed by atoms with Crippen LogP contribution in [0.5, 0.6) is 5.75 Å². The van der Waals surface area contributed by atoms with Crippen molar-refractivity contribution in [3.05, 3.63) is 41.2 Å². The van der Waals surface area contributed by atoms with Crippen LogP contribution in [0.25, 0.3) is 5.69 Å². The number of nitrogens with two attached hydrogens (primary N) is 1. The second-order valence-electron chi connectivity index (χ2n) is 8.03. The highest BCUT2D eigenvalue weighted by atomic mass is 16.5. The highest BCUT2D eigenvalue weighted by molar-refractivity contribution is 5.91. The van der Waals surface area contributed by atoms with E-state index in [2.05, 4.69) is 16.9 Å². The lowest BCUT2D eigenvalue weighted by molar-refractivity contribution is -0.137. The smallest absolute Gasteiger partial charge is 0.269 e. The fourth-order valence-electron chi connectivity index (χ4n) is 3.93. The van der Waals surface area contributed by atoms with Gasteiger partial charge in [-0.15, -0.1) is 0 Å². The first-order chi connectivity index (χ1) is 13.8. The average Bonchev–Trinajstić information content (AvgIpc) is 3.31. The number of carbonyl (C=O) groups is 2. The number of primary amides is 1. The maximum Gasteiger partial charge on any atom is 0.269 e. The Kier molecular flexibility index (Phi) is 3.58. The van der Waals surface area contributed by atoms with Crippen LogP contribution in [-0.2, 0) is 10.2 Å². The van der Waals surface area contributed by atoms with Crippen LogP contribution >= 0.6 is 0 Å². The number of aromatic nitrogens is 2. The van der Waals surface area contributed by atoms with Crippen molar-refractivity contribution in [1.29, 1.82) is 0 Å². The second-order valence-corrected chi connectivity index (χ2v) is 8.03. The predicted molar refractivity (Wildman–Crippen MR) is 103 cm³/mol. The molecule has 3 heterocycles. The lowest BCUT2D eigenvalue weighted by Crippen LogP contribution is -2.37. The van der Waals surface area contributed by atoms with Crippen molar-refractivity contribution in [2.45, 2.75) is 30.3 Å². The van der Waals surface area contributed by atoms with Gasteiger partial charge in [0.05, 0.1) is 12.3 Å². The van der Waals surface area contributed by atoms with Gasteiger partial charge in [-0.3, -0.25) is 9.59 Å². The molecule has 0 bridgehead atoms. The van der Waals surface area contributed by atoms with Crippen LogP contribution in [0, 0.1) is 11.8 Å². The monoisotopic (exact) mass is 392 g/mol. The number of benzene rings is 1. The summed E-state index contributed by atoms with van der Waals surface area (Å²) in [4.78, 5) is 25.3. The van der Waals surface area contributed by atoms with Gasteiger partial charge in [0, 0.05) is 31.0 Å². The van der Waals surface area contributed by atoms with E-state index in [-0.39, 0.29) is 23.4 Å². The second kappa shape index (κ2) is 5.84. The molecule has 3 aliphatic rings. The molecule has 2 fully saturated rings. The SMILES string of the molecule is CN1CC[C@@](O)(C#Cc2ccc3c(c2)-n2nc(C(N)=O)cc2C2(CC2)CO3)C1=O. The highest BCUT2D eigenvalue weighted by Gasteiger charge is 2.50. The van der Waals surface area contributed by atoms with Crippen LogP contribution < -0.4 is 10.5 Å². The van der Waals surface area contributed by atoms with Crippen molar-refractivity contribution >= 4 is 11.8 Å². The Labute approximate surface area is 167 Å². The Morgan fingerprint density at radius 3 is 2.76 bits per heavy atom. The molecule has 0 radical (unpaired) electrons. The number of likely N-dealkylation sites (tertiary alicyclic amines) is 1. The van der Waals surface area contributed by atoms with Crippen LogP contribution in [0.2, 0.25) is 0 Å². The summed E-state index contributed by atoms with van der Waals surface area (Å²) in [6, 6.07) is 7.10. The molecule has 3 N–H and O–H groups in total. The zero-order valence-electron chi connectivity index (χ0n) is 15.9.